The highest BCUT2D eigenvalue weighted by Crippen LogP contribution is 2.10. The summed E-state index contributed by atoms with van der Waals surface area (Å²) in [5, 5.41) is 0. The Bertz CT molecular complexity index is 476. The van der Waals surface area contributed by atoms with Crippen molar-refractivity contribution in [3.8, 4) is 0 Å². The van der Waals surface area contributed by atoms with E-state index in [1.54, 1.807) is 13.0 Å². The Morgan fingerprint density at radius 1 is 1.35 bits per heavy atom. The zero-order valence-corrected chi connectivity index (χ0v) is 10.3. The third-order valence-electron chi connectivity index (χ3n) is 2.14. The predicted molar refractivity (Wildman–Crippen MR) is 63.7 cm³/mol. The van der Waals surface area contributed by atoms with Crippen molar-refractivity contribution in [2.75, 3.05) is 6.54 Å². The number of rotatable bonds is 6. The lowest BCUT2D eigenvalue weighted by molar-refractivity contribution is 0.563. The molecule has 1 aromatic carbocycles. The third-order valence-corrected chi connectivity index (χ3v) is 3.33. The number of benzene rings is 1. The van der Waals surface area contributed by atoms with Crippen molar-refractivity contribution in [1.29, 1.82) is 0 Å². The molecule has 0 spiro atoms. The van der Waals surface area contributed by atoms with E-state index in [0.717, 1.165) is 0 Å². The van der Waals surface area contributed by atoms with Gasteiger partial charge in [-0.05, 0) is 11.6 Å². The summed E-state index contributed by atoms with van der Waals surface area (Å²) >= 11 is 0. The second-order valence-electron chi connectivity index (χ2n) is 3.45. The van der Waals surface area contributed by atoms with E-state index in [1.807, 2.05) is 0 Å². The van der Waals surface area contributed by atoms with E-state index in [1.165, 1.54) is 12.1 Å². The van der Waals surface area contributed by atoms with E-state index >= 15 is 0 Å². The molecule has 4 N–H and O–H groups in total. The van der Waals surface area contributed by atoms with Gasteiger partial charge in [0, 0.05) is 25.2 Å². The van der Waals surface area contributed by atoms with Crippen molar-refractivity contribution in [1.82, 2.24) is 9.44 Å². The molecule has 0 atom stereocenters. The van der Waals surface area contributed by atoms with E-state index in [9.17, 15) is 12.8 Å². The molecular formula is C10H16FN3O2S. The van der Waals surface area contributed by atoms with E-state index < -0.39 is 16.0 Å². The SMILES string of the molecule is CCNS(=O)(=O)NCc1ccc(CN)cc1F. The van der Waals surface area contributed by atoms with Gasteiger partial charge in [0.25, 0.3) is 10.2 Å². The fourth-order valence-electron chi connectivity index (χ4n) is 1.27. The molecule has 0 amide bonds. The van der Waals surface area contributed by atoms with Crippen molar-refractivity contribution in [3.05, 3.63) is 35.1 Å². The first-order valence-corrected chi connectivity index (χ1v) is 6.68. The van der Waals surface area contributed by atoms with E-state index in [0.29, 0.717) is 5.56 Å². The molecule has 0 saturated carbocycles. The second kappa shape index (κ2) is 6.06. The summed E-state index contributed by atoms with van der Waals surface area (Å²) in [7, 11) is -3.55. The van der Waals surface area contributed by atoms with Gasteiger partial charge in [-0.3, -0.25) is 0 Å². The zero-order chi connectivity index (χ0) is 12.9. The molecule has 0 fully saturated rings. The molecule has 5 nitrogen and oxygen atoms in total. The van der Waals surface area contributed by atoms with Crippen LogP contribution in [0.15, 0.2) is 18.2 Å². The lowest BCUT2D eigenvalue weighted by atomic mass is 10.1. The fourth-order valence-corrected chi connectivity index (χ4v) is 2.10. The van der Waals surface area contributed by atoms with Crippen LogP contribution in [0.3, 0.4) is 0 Å². The first kappa shape index (κ1) is 14.0. The van der Waals surface area contributed by atoms with Crippen LogP contribution in [-0.4, -0.2) is 15.0 Å². The number of halogens is 1. The third kappa shape index (κ3) is 4.39. The standard InChI is InChI=1S/C10H16FN3O2S/c1-2-13-17(15,16)14-7-9-4-3-8(6-12)5-10(9)11/h3-5,13-14H,2,6-7,12H2,1H3. The molecule has 0 aromatic heterocycles. The van der Waals surface area contributed by atoms with Crippen LogP contribution in [0.25, 0.3) is 0 Å². The normalized spacial score (nSPS) is 11.7. The van der Waals surface area contributed by atoms with Crippen LogP contribution in [0, 0.1) is 5.82 Å². The van der Waals surface area contributed by atoms with Gasteiger partial charge < -0.3 is 5.73 Å². The maximum absolute atomic E-state index is 13.5. The molecule has 0 saturated heterocycles. The van der Waals surface area contributed by atoms with Gasteiger partial charge in [-0.2, -0.15) is 13.1 Å². The maximum Gasteiger partial charge on any atom is 0.277 e. The number of nitrogens with two attached hydrogens (primary N) is 1. The maximum atomic E-state index is 13.5. The van der Waals surface area contributed by atoms with Gasteiger partial charge in [-0.25, -0.2) is 9.11 Å². The summed E-state index contributed by atoms with van der Waals surface area (Å²) < 4.78 is 40.5. The topological polar surface area (TPSA) is 84.2 Å². The van der Waals surface area contributed by atoms with Gasteiger partial charge in [-0.15, -0.1) is 0 Å². The van der Waals surface area contributed by atoms with E-state index in [2.05, 4.69) is 9.44 Å². The summed E-state index contributed by atoms with van der Waals surface area (Å²) in [5.41, 5.74) is 6.31. The molecule has 0 unspecified atom stereocenters. The summed E-state index contributed by atoms with van der Waals surface area (Å²) in [5.74, 6) is -0.466. The highest BCUT2D eigenvalue weighted by molar-refractivity contribution is 7.87. The van der Waals surface area contributed by atoms with Gasteiger partial charge in [0.15, 0.2) is 0 Å². The largest absolute Gasteiger partial charge is 0.326 e. The van der Waals surface area contributed by atoms with Crippen LogP contribution >= 0.6 is 0 Å². The molecule has 0 aliphatic carbocycles. The Balaban J connectivity index is 2.70. The van der Waals surface area contributed by atoms with E-state index in [-0.39, 0.29) is 25.2 Å². The molecule has 0 radical (unpaired) electrons. The first-order valence-electron chi connectivity index (χ1n) is 5.20. The molecular weight excluding hydrogens is 245 g/mol. The molecule has 96 valence electrons. The Kier molecular flexibility index (Phi) is 5.01. The van der Waals surface area contributed by atoms with Crippen LogP contribution in [0.2, 0.25) is 0 Å². The molecule has 0 aliphatic rings. The molecule has 0 aliphatic heterocycles. The monoisotopic (exact) mass is 261 g/mol. The number of hydrogen-bond acceptors (Lipinski definition) is 3. The molecule has 7 heteroatoms. The summed E-state index contributed by atoms with van der Waals surface area (Å²) in [4.78, 5) is 0. The van der Waals surface area contributed by atoms with Crippen LogP contribution in [0.5, 0.6) is 0 Å². The van der Waals surface area contributed by atoms with Gasteiger partial charge in [0.1, 0.15) is 5.82 Å². The average molecular weight is 261 g/mol. The smallest absolute Gasteiger partial charge is 0.277 e. The highest BCUT2D eigenvalue weighted by Gasteiger charge is 2.09. The van der Waals surface area contributed by atoms with Crippen molar-refractivity contribution in [2.45, 2.75) is 20.0 Å². The van der Waals surface area contributed by atoms with Gasteiger partial charge in [-0.1, -0.05) is 19.1 Å². The average Bonchev–Trinajstić information content (AvgIpc) is 2.27. The molecule has 0 bridgehead atoms. The summed E-state index contributed by atoms with van der Waals surface area (Å²) in [6.45, 7) is 2.10. The Morgan fingerprint density at radius 3 is 2.59 bits per heavy atom. The van der Waals surface area contributed by atoms with Crippen LogP contribution in [0.1, 0.15) is 18.1 Å². The van der Waals surface area contributed by atoms with Gasteiger partial charge >= 0.3 is 0 Å². The number of hydrogen-bond donors (Lipinski definition) is 3. The Morgan fingerprint density at radius 2 is 2.06 bits per heavy atom. The zero-order valence-electron chi connectivity index (χ0n) is 9.53. The first-order chi connectivity index (χ1) is 7.98. The minimum Gasteiger partial charge on any atom is -0.326 e. The Hall–Kier alpha value is -1.02. The molecule has 1 aromatic rings. The minimum atomic E-state index is -3.55. The number of nitrogens with one attached hydrogen (secondary N) is 2. The van der Waals surface area contributed by atoms with Crippen LogP contribution in [-0.2, 0) is 23.3 Å². The van der Waals surface area contributed by atoms with Crippen molar-refractivity contribution < 1.29 is 12.8 Å². The van der Waals surface area contributed by atoms with Gasteiger partial charge in [0.05, 0.1) is 0 Å². The molecule has 1 rings (SSSR count). The Labute approximate surface area is 100 Å². The lowest BCUT2D eigenvalue weighted by Crippen LogP contribution is -2.36. The van der Waals surface area contributed by atoms with Crippen molar-refractivity contribution in [3.63, 3.8) is 0 Å². The van der Waals surface area contributed by atoms with E-state index in [4.69, 9.17) is 5.73 Å². The fraction of sp³-hybridized carbons (Fsp3) is 0.400. The quantitative estimate of drug-likeness (QED) is 0.685. The second-order valence-corrected chi connectivity index (χ2v) is 5.04. The van der Waals surface area contributed by atoms with Crippen molar-refractivity contribution in [2.24, 2.45) is 5.73 Å². The van der Waals surface area contributed by atoms with Gasteiger partial charge in [0.2, 0.25) is 0 Å². The minimum absolute atomic E-state index is 0.0913. The lowest BCUT2D eigenvalue weighted by Gasteiger charge is -2.08. The summed E-state index contributed by atoms with van der Waals surface area (Å²) in [6, 6.07) is 4.49. The van der Waals surface area contributed by atoms with Crippen LogP contribution in [0.4, 0.5) is 4.39 Å². The van der Waals surface area contributed by atoms with Crippen LogP contribution < -0.4 is 15.2 Å². The molecule has 0 heterocycles. The highest BCUT2D eigenvalue weighted by atomic mass is 32.2. The summed E-state index contributed by atoms with van der Waals surface area (Å²) in [6.07, 6.45) is 0. The molecule has 17 heavy (non-hydrogen) atoms. The van der Waals surface area contributed by atoms with Crippen molar-refractivity contribution >= 4 is 10.2 Å². The predicted octanol–water partition coefficient (Wildman–Crippen LogP) is 0.228.